The molecule has 2 N–H and O–H groups in total. The fourth-order valence-electron chi connectivity index (χ4n) is 1.78. The van der Waals surface area contributed by atoms with Crippen LogP contribution in [0.25, 0.3) is 0 Å². The molecule has 22 heavy (non-hydrogen) atoms. The predicted molar refractivity (Wildman–Crippen MR) is 91.3 cm³/mol. The highest BCUT2D eigenvalue weighted by Gasteiger charge is 2.07. The van der Waals surface area contributed by atoms with Gasteiger partial charge in [-0.15, -0.1) is 0 Å². The third-order valence-corrected chi connectivity index (χ3v) is 3.36. The zero-order valence-corrected chi connectivity index (χ0v) is 13.6. The summed E-state index contributed by atoms with van der Waals surface area (Å²) in [5.41, 5.74) is 6.34. The molecule has 0 aliphatic carbocycles. The quantitative estimate of drug-likeness (QED) is 0.619. The van der Waals surface area contributed by atoms with E-state index in [0.29, 0.717) is 34.7 Å². The molecular formula is C16H16ClNO3S. The molecule has 0 aliphatic rings. The molecule has 2 aromatic rings. The van der Waals surface area contributed by atoms with Crippen LogP contribution in [0.1, 0.15) is 5.56 Å². The topological polar surface area (TPSA) is 53.7 Å². The highest BCUT2D eigenvalue weighted by atomic mass is 35.5. The van der Waals surface area contributed by atoms with E-state index < -0.39 is 0 Å². The molecular weight excluding hydrogens is 322 g/mol. The molecule has 0 radical (unpaired) electrons. The number of halogens is 1. The van der Waals surface area contributed by atoms with Gasteiger partial charge in [0.05, 0.1) is 7.11 Å². The van der Waals surface area contributed by atoms with Crippen molar-refractivity contribution in [1.82, 2.24) is 0 Å². The number of rotatable bonds is 7. The first-order valence-corrected chi connectivity index (χ1v) is 7.38. The summed E-state index contributed by atoms with van der Waals surface area (Å²) in [5, 5.41) is 0.669. The Bertz CT molecular complexity index is 646. The Hall–Kier alpha value is -1.98. The molecule has 0 aliphatic heterocycles. The number of methoxy groups -OCH3 is 1. The van der Waals surface area contributed by atoms with Crippen LogP contribution in [0.4, 0.5) is 0 Å². The van der Waals surface area contributed by atoms with Crippen molar-refractivity contribution in [1.29, 1.82) is 0 Å². The van der Waals surface area contributed by atoms with E-state index in [0.717, 1.165) is 11.3 Å². The summed E-state index contributed by atoms with van der Waals surface area (Å²) < 4.78 is 16.5. The van der Waals surface area contributed by atoms with Gasteiger partial charge in [-0.1, -0.05) is 23.8 Å². The molecule has 4 nitrogen and oxygen atoms in total. The Kier molecular flexibility index (Phi) is 5.86. The van der Waals surface area contributed by atoms with Gasteiger partial charge in [0.1, 0.15) is 24.0 Å². The van der Waals surface area contributed by atoms with Gasteiger partial charge in [-0.2, -0.15) is 0 Å². The first kappa shape index (κ1) is 16.4. The maximum atomic E-state index is 5.81. The number of nitrogens with two attached hydrogens (primary N) is 1. The summed E-state index contributed by atoms with van der Waals surface area (Å²) in [7, 11) is 1.58. The van der Waals surface area contributed by atoms with Gasteiger partial charge < -0.3 is 19.9 Å². The molecule has 2 aromatic carbocycles. The van der Waals surface area contributed by atoms with Crippen molar-refractivity contribution < 1.29 is 14.2 Å². The highest BCUT2D eigenvalue weighted by Crippen LogP contribution is 2.28. The number of benzene rings is 2. The number of ether oxygens (including phenoxy) is 3. The summed E-state index contributed by atoms with van der Waals surface area (Å²) in [6, 6.07) is 12.5. The molecule has 2 rings (SSSR count). The molecule has 0 saturated heterocycles. The van der Waals surface area contributed by atoms with Gasteiger partial charge in [0.25, 0.3) is 0 Å². The van der Waals surface area contributed by atoms with Crippen LogP contribution >= 0.6 is 23.8 Å². The smallest absolute Gasteiger partial charge is 0.162 e. The maximum Gasteiger partial charge on any atom is 0.162 e. The average Bonchev–Trinajstić information content (AvgIpc) is 2.53. The molecule has 0 spiro atoms. The minimum absolute atomic E-state index is 0.310. The van der Waals surface area contributed by atoms with Crippen molar-refractivity contribution in [2.45, 2.75) is 0 Å². The third kappa shape index (κ3) is 4.51. The summed E-state index contributed by atoms with van der Waals surface area (Å²) in [6.45, 7) is 0.752. The lowest BCUT2D eigenvalue weighted by atomic mass is 10.2. The van der Waals surface area contributed by atoms with E-state index in [1.807, 2.05) is 0 Å². The van der Waals surface area contributed by atoms with Crippen molar-refractivity contribution in [3.05, 3.63) is 53.1 Å². The zero-order chi connectivity index (χ0) is 15.9. The molecule has 6 heteroatoms. The normalized spacial score (nSPS) is 10.1. The molecule has 0 saturated carbocycles. The first-order chi connectivity index (χ1) is 10.6. The highest BCUT2D eigenvalue weighted by molar-refractivity contribution is 7.80. The Morgan fingerprint density at radius 2 is 1.73 bits per heavy atom. The SMILES string of the molecule is COc1ccc(C(N)=S)cc1OCCOc1ccc(Cl)cc1. The Morgan fingerprint density at radius 1 is 1.05 bits per heavy atom. The molecule has 0 aromatic heterocycles. The fraction of sp³-hybridized carbons (Fsp3) is 0.188. The molecule has 0 fully saturated rings. The molecule has 0 amide bonds. The van der Waals surface area contributed by atoms with Crippen molar-refractivity contribution in [3.8, 4) is 17.2 Å². The standard InChI is InChI=1S/C16H16ClNO3S/c1-19-14-7-2-11(16(18)22)10-15(14)21-9-8-20-13-5-3-12(17)4-6-13/h2-7,10H,8-9H2,1H3,(H2,18,22). The van der Waals surface area contributed by atoms with Crippen molar-refractivity contribution >= 4 is 28.8 Å². The molecule has 0 unspecified atom stereocenters. The first-order valence-electron chi connectivity index (χ1n) is 6.59. The molecule has 0 heterocycles. The van der Waals surface area contributed by atoms with Crippen LogP contribution in [0, 0.1) is 0 Å². The minimum atomic E-state index is 0.310. The minimum Gasteiger partial charge on any atom is -0.493 e. The van der Waals surface area contributed by atoms with E-state index in [4.69, 9.17) is 43.8 Å². The predicted octanol–water partition coefficient (Wildman–Crippen LogP) is 3.44. The van der Waals surface area contributed by atoms with Crippen LogP contribution in [0.15, 0.2) is 42.5 Å². The van der Waals surface area contributed by atoms with Gasteiger partial charge in [-0.3, -0.25) is 0 Å². The van der Waals surface area contributed by atoms with E-state index in [9.17, 15) is 0 Å². The van der Waals surface area contributed by atoms with Crippen LogP contribution in [-0.4, -0.2) is 25.3 Å². The van der Waals surface area contributed by atoms with E-state index in [-0.39, 0.29) is 0 Å². The van der Waals surface area contributed by atoms with E-state index in [1.54, 1.807) is 49.6 Å². The van der Waals surface area contributed by atoms with Crippen LogP contribution in [0.3, 0.4) is 0 Å². The number of hydrogen-bond acceptors (Lipinski definition) is 4. The summed E-state index contributed by atoms with van der Waals surface area (Å²) in [6.07, 6.45) is 0. The van der Waals surface area contributed by atoms with Crippen molar-refractivity contribution in [2.24, 2.45) is 5.73 Å². The van der Waals surface area contributed by atoms with Gasteiger partial charge in [-0.05, 0) is 42.5 Å². The average molecular weight is 338 g/mol. The lowest BCUT2D eigenvalue weighted by Gasteiger charge is -2.12. The van der Waals surface area contributed by atoms with E-state index in [2.05, 4.69) is 0 Å². The fourth-order valence-corrected chi connectivity index (χ4v) is 2.04. The lowest BCUT2D eigenvalue weighted by molar-refractivity contribution is 0.211. The van der Waals surface area contributed by atoms with Gasteiger partial charge >= 0.3 is 0 Å². The van der Waals surface area contributed by atoms with Crippen LogP contribution in [-0.2, 0) is 0 Å². The van der Waals surface area contributed by atoms with E-state index in [1.165, 1.54) is 0 Å². The Balaban J connectivity index is 1.91. The second-order valence-corrected chi connectivity index (χ2v) is 5.26. The Morgan fingerprint density at radius 3 is 2.36 bits per heavy atom. The molecule has 0 atom stereocenters. The summed E-state index contributed by atoms with van der Waals surface area (Å²) in [4.78, 5) is 0.310. The molecule has 116 valence electrons. The maximum absolute atomic E-state index is 5.81. The van der Waals surface area contributed by atoms with Crippen molar-refractivity contribution in [2.75, 3.05) is 20.3 Å². The van der Waals surface area contributed by atoms with Gasteiger partial charge in [0.2, 0.25) is 0 Å². The number of thiocarbonyl (C=S) groups is 1. The second-order valence-electron chi connectivity index (χ2n) is 4.38. The van der Waals surface area contributed by atoms with Crippen LogP contribution in [0.5, 0.6) is 17.2 Å². The molecule has 0 bridgehead atoms. The monoisotopic (exact) mass is 337 g/mol. The largest absolute Gasteiger partial charge is 0.493 e. The summed E-state index contributed by atoms with van der Waals surface area (Å²) in [5.74, 6) is 1.93. The Labute approximate surface area is 139 Å². The zero-order valence-electron chi connectivity index (χ0n) is 12.0. The van der Waals surface area contributed by atoms with Crippen LogP contribution in [0.2, 0.25) is 5.02 Å². The van der Waals surface area contributed by atoms with Crippen LogP contribution < -0.4 is 19.9 Å². The third-order valence-electron chi connectivity index (χ3n) is 2.87. The summed E-state index contributed by atoms with van der Waals surface area (Å²) >= 11 is 10.8. The van der Waals surface area contributed by atoms with Crippen molar-refractivity contribution in [3.63, 3.8) is 0 Å². The lowest BCUT2D eigenvalue weighted by Crippen LogP contribution is -2.12. The van der Waals surface area contributed by atoms with Gasteiger partial charge in [0.15, 0.2) is 11.5 Å². The second kappa shape index (κ2) is 7.87. The van der Waals surface area contributed by atoms with E-state index >= 15 is 0 Å². The van der Waals surface area contributed by atoms with Gasteiger partial charge in [-0.25, -0.2) is 0 Å². The number of hydrogen-bond donors (Lipinski definition) is 1. The van der Waals surface area contributed by atoms with Gasteiger partial charge in [0, 0.05) is 10.6 Å².